The zero-order chi connectivity index (χ0) is 24.3. The van der Waals surface area contributed by atoms with Crippen LogP contribution < -0.4 is 10.1 Å². The van der Waals surface area contributed by atoms with E-state index in [9.17, 15) is 14.0 Å². The highest BCUT2D eigenvalue weighted by atomic mass is 19.1. The first-order chi connectivity index (χ1) is 16.4. The Morgan fingerprint density at radius 2 is 1.53 bits per heavy atom. The zero-order valence-electron chi connectivity index (χ0n) is 19.6. The number of halogens is 1. The first kappa shape index (κ1) is 25.0. The van der Waals surface area contributed by atoms with Gasteiger partial charge in [0.1, 0.15) is 17.6 Å². The Morgan fingerprint density at radius 3 is 2.15 bits per heavy atom. The highest BCUT2D eigenvalue weighted by molar-refractivity contribution is 5.89. The van der Waals surface area contributed by atoms with Crippen molar-refractivity contribution in [2.45, 2.75) is 32.9 Å². The van der Waals surface area contributed by atoms with Crippen LogP contribution in [0.15, 0.2) is 84.9 Å². The number of carbonyl (C=O) groups excluding carboxylic acids is 2. The Morgan fingerprint density at radius 1 is 0.912 bits per heavy atom. The normalized spacial score (nSPS) is 11.6. The lowest BCUT2D eigenvalue weighted by molar-refractivity contribution is -0.143. The molecule has 1 N–H and O–H groups in total. The van der Waals surface area contributed by atoms with E-state index in [0.717, 1.165) is 6.42 Å². The van der Waals surface area contributed by atoms with Crippen LogP contribution in [0, 0.1) is 11.7 Å². The van der Waals surface area contributed by atoms with Gasteiger partial charge in [-0.25, -0.2) is 4.39 Å². The molecule has 3 rings (SSSR count). The molecule has 0 saturated carbocycles. The quantitative estimate of drug-likeness (QED) is 0.429. The second-order valence-electron chi connectivity index (χ2n) is 8.54. The van der Waals surface area contributed by atoms with Crippen molar-refractivity contribution in [2.75, 3.05) is 13.2 Å². The van der Waals surface area contributed by atoms with Crippen LogP contribution in [0.25, 0.3) is 0 Å². The fraction of sp³-hybridized carbons (Fsp3) is 0.286. The zero-order valence-corrected chi connectivity index (χ0v) is 19.6. The van der Waals surface area contributed by atoms with Crippen molar-refractivity contribution < 1.29 is 18.7 Å². The van der Waals surface area contributed by atoms with Gasteiger partial charge in [0, 0.05) is 13.1 Å². The number of para-hydroxylation sites is 1. The number of rotatable bonds is 11. The molecule has 6 heteroatoms. The Labute approximate surface area is 200 Å². The van der Waals surface area contributed by atoms with Crippen LogP contribution >= 0.6 is 0 Å². The third-order valence-corrected chi connectivity index (χ3v) is 5.39. The summed E-state index contributed by atoms with van der Waals surface area (Å²) < 4.78 is 19.2. The molecule has 0 saturated heterocycles. The van der Waals surface area contributed by atoms with Crippen LogP contribution in [0.2, 0.25) is 0 Å². The molecule has 5 nitrogen and oxygen atoms in total. The van der Waals surface area contributed by atoms with Gasteiger partial charge in [-0.1, -0.05) is 74.5 Å². The van der Waals surface area contributed by atoms with Crippen molar-refractivity contribution in [1.82, 2.24) is 10.2 Å². The number of hydrogen-bond donors (Lipinski definition) is 1. The molecule has 0 unspecified atom stereocenters. The van der Waals surface area contributed by atoms with Crippen molar-refractivity contribution >= 4 is 11.8 Å². The van der Waals surface area contributed by atoms with Crippen LogP contribution in [0.5, 0.6) is 5.75 Å². The molecule has 0 aliphatic carbocycles. The Bertz CT molecular complexity index is 1040. The summed E-state index contributed by atoms with van der Waals surface area (Å²) in [5.74, 6) is 0.0325. The molecule has 0 bridgehead atoms. The van der Waals surface area contributed by atoms with E-state index in [1.807, 2.05) is 48.5 Å². The number of hydrogen-bond acceptors (Lipinski definition) is 3. The molecule has 2 amide bonds. The summed E-state index contributed by atoms with van der Waals surface area (Å²) in [6.07, 6.45) is 0.830. The minimum absolute atomic E-state index is 0.133. The molecule has 0 aliphatic rings. The largest absolute Gasteiger partial charge is 0.484 e. The molecule has 0 fully saturated rings. The van der Waals surface area contributed by atoms with Crippen molar-refractivity contribution in [3.05, 3.63) is 102 Å². The van der Waals surface area contributed by atoms with Gasteiger partial charge in [-0.15, -0.1) is 0 Å². The number of nitrogens with one attached hydrogen (secondary N) is 1. The van der Waals surface area contributed by atoms with Crippen LogP contribution in [0.3, 0.4) is 0 Å². The second-order valence-corrected chi connectivity index (χ2v) is 8.54. The summed E-state index contributed by atoms with van der Waals surface area (Å²) in [5.41, 5.74) is 1.41. The minimum Gasteiger partial charge on any atom is -0.484 e. The number of ether oxygens (including phenoxy) is 1. The summed E-state index contributed by atoms with van der Waals surface area (Å²) in [7, 11) is 0. The SMILES string of the molecule is CC(C)CCNC(=O)[C@@H](c1ccccc1)N(Cc1ccc(F)cc1)C(=O)COc1ccccc1. The van der Waals surface area contributed by atoms with Gasteiger partial charge in [0.2, 0.25) is 5.91 Å². The van der Waals surface area contributed by atoms with E-state index in [0.29, 0.717) is 29.3 Å². The van der Waals surface area contributed by atoms with Gasteiger partial charge >= 0.3 is 0 Å². The number of carbonyl (C=O) groups is 2. The predicted molar refractivity (Wildman–Crippen MR) is 131 cm³/mol. The Balaban J connectivity index is 1.89. The first-order valence-electron chi connectivity index (χ1n) is 11.5. The average molecular weight is 463 g/mol. The molecule has 0 aromatic heterocycles. The Hall–Kier alpha value is -3.67. The predicted octanol–water partition coefficient (Wildman–Crippen LogP) is 5.14. The third-order valence-electron chi connectivity index (χ3n) is 5.39. The molecular weight excluding hydrogens is 431 g/mol. The first-order valence-corrected chi connectivity index (χ1v) is 11.5. The number of benzene rings is 3. The summed E-state index contributed by atoms with van der Waals surface area (Å²) in [6, 6.07) is 23.3. The maximum atomic E-state index is 13.5. The molecule has 178 valence electrons. The molecule has 0 heterocycles. The van der Waals surface area contributed by atoms with Crippen LogP contribution in [-0.2, 0) is 16.1 Å². The summed E-state index contributed by atoms with van der Waals surface area (Å²) in [4.78, 5) is 28.3. The van der Waals surface area contributed by atoms with Crippen molar-refractivity contribution in [1.29, 1.82) is 0 Å². The van der Waals surface area contributed by atoms with E-state index in [1.165, 1.54) is 17.0 Å². The maximum Gasteiger partial charge on any atom is 0.261 e. The maximum absolute atomic E-state index is 13.5. The minimum atomic E-state index is -0.856. The summed E-state index contributed by atoms with van der Waals surface area (Å²) in [6.45, 7) is 4.60. The molecule has 3 aromatic rings. The highest BCUT2D eigenvalue weighted by Gasteiger charge is 2.31. The van der Waals surface area contributed by atoms with Crippen molar-refractivity contribution in [3.63, 3.8) is 0 Å². The lowest BCUT2D eigenvalue weighted by Gasteiger charge is -2.31. The van der Waals surface area contributed by atoms with Gasteiger partial charge in [0.05, 0.1) is 0 Å². The number of amides is 2. The molecule has 1 atom stereocenters. The Kier molecular flexibility index (Phi) is 9.21. The lowest BCUT2D eigenvalue weighted by atomic mass is 10.0. The van der Waals surface area contributed by atoms with Gasteiger partial charge in [-0.2, -0.15) is 0 Å². The van der Waals surface area contributed by atoms with E-state index in [2.05, 4.69) is 19.2 Å². The van der Waals surface area contributed by atoms with E-state index < -0.39 is 6.04 Å². The standard InChI is InChI=1S/C28H31FN2O3/c1-21(2)17-18-30-28(33)27(23-9-5-3-6-10-23)31(19-22-13-15-24(29)16-14-22)26(32)20-34-25-11-7-4-8-12-25/h3-16,21,27H,17-20H2,1-2H3,(H,30,33)/t27-/m1/s1. The fourth-order valence-electron chi connectivity index (χ4n) is 3.54. The average Bonchev–Trinajstić information content (AvgIpc) is 2.84. The third kappa shape index (κ3) is 7.44. The van der Waals surface area contributed by atoms with E-state index in [4.69, 9.17) is 4.74 Å². The molecule has 0 spiro atoms. The lowest BCUT2D eigenvalue weighted by Crippen LogP contribution is -2.45. The van der Waals surface area contributed by atoms with Gasteiger partial charge in [0.25, 0.3) is 5.91 Å². The van der Waals surface area contributed by atoms with Gasteiger partial charge in [-0.3, -0.25) is 9.59 Å². The molecule has 34 heavy (non-hydrogen) atoms. The molecule has 0 aliphatic heterocycles. The summed E-state index contributed by atoms with van der Waals surface area (Å²) in [5, 5.41) is 2.98. The fourth-order valence-corrected chi connectivity index (χ4v) is 3.54. The van der Waals surface area contributed by atoms with Gasteiger partial charge in [0.15, 0.2) is 6.61 Å². The highest BCUT2D eigenvalue weighted by Crippen LogP contribution is 2.24. The van der Waals surface area contributed by atoms with Gasteiger partial charge in [-0.05, 0) is 47.7 Å². The smallest absolute Gasteiger partial charge is 0.261 e. The van der Waals surface area contributed by atoms with E-state index in [-0.39, 0.29) is 30.8 Å². The molecule has 3 aromatic carbocycles. The molecular formula is C28H31FN2O3. The van der Waals surface area contributed by atoms with Gasteiger partial charge < -0.3 is 15.0 Å². The molecule has 0 radical (unpaired) electrons. The second kappa shape index (κ2) is 12.5. The number of nitrogens with zero attached hydrogens (tertiary/aromatic N) is 1. The van der Waals surface area contributed by atoms with Crippen LogP contribution in [0.4, 0.5) is 4.39 Å². The van der Waals surface area contributed by atoms with E-state index >= 15 is 0 Å². The van der Waals surface area contributed by atoms with Crippen molar-refractivity contribution in [2.24, 2.45) is 5.92 Å². The topological polar surface area (TPSA) is 58.6 Å². The van der Waals surface area contributed by atoms with Crippen molar-refractivity contribution in [3.8, 4) is 5.75 Å². The monoisotopic (exact) mass is 462 g/mol. The summed E-state index contributed by atoms with van der Waals surface area (Å²) >= 11 is 0. The van der Waals surface area contributed by atoms with Crippen LogP contribution in [0.1, 0.15) is 37.4 Å². The van der Waals surface area contributed by atoms with E-state index in [1.54, 1.807) is 24.3 Å². The van der Waals surface area contributed by atoms with Crippen LogP contribution in [-0.4, -0.2) is 29.9 Å².